The van der Waals surface area contributed by atoms with Gasteiger partial charge >= 0.3 is 6.09 Å². The summed E-state index contributed by atoms with van der Waals surface area (Å²) in [6.07, 6.45) is -0.425. The van der Waals surface area contributed by atoms with Crippen LogP contribution >= 0.6 is 0 Å². The van der Waals surface area contributed by atoms with Crippen LogP contribution in [0.3, 0.4) is 0 Å². The largest absolute Gasteiger partial charge is 0.447 e. The smallest absolute Gasteiger partial charge is 0.414 e. The van der Waals surface area contributed by atoms with Gasteiger partial charge in [-0.3, -0.25) is 9.69 Å². The molecule has 0 spiro atoms. The highest BCUT2D eigenvalue weighted by Gasteiger charge is 2.26. The number of nitrogens with one attached hydrogen (secondary N) is 1. The number of ether oxygens (including phenoxy) is 1. The minimum atomic E-state index is -0.425. The normalized spacial score (nSPS) is 13.1. The van der Waals surface area contributed by atoms with E-state index >= 15 is 0 Å². The van der Waals surface area contributed by atoms with E-state index in [1.54, 1.807) is 48.5 Å². The van der Waals surface area contributed by atoms with Gasteiger partial charge in [0.2, 0.25) is 11.8 Å². The van der Waals surface area contributed by atoms with Gasteiger partial charge in [-0.1, -0.05) is 30.3 Å². The number of hydrogen-bond donors (Lipinski definition) is 1. The summed E-state index contributed by atoms with van der Waals surface area (Å²) in [5.74, 6) is 0.521. The average Bonchev–Trinajstić information content (AvgIpc) is 3.49. The van der Waals surface area contributed by atoms with Gasteiger partial charge in [0.1, 0.15) is 6.61 Å². The Morgan fingerprint density at radius 1 is 0.939 bits per heavy atom. The van der Waals surface area contributed by atoms with Crippen molar-refractivity contribution in [2.45, 2.75) is 6.92 Å². The Morgan fingerprint density at radius 2 is 1.67 bits per heavy atom. The third kappa shape index (κ3) is 4.06. The van der Waals surface area contributed by atoms with Crippen molar-refractivity contribution in [3.05, 3.63) is 83.9 Å². The van der Waals surface area contributed by atoms with Crippen LogP contribution in [0.2, 0.25) is 0 Å². The molecule has 0 bridgehead atoms. The summed E-state index contributed by atoms with van der Waals surface area (Å²) < 4.78 is 10.9. The van der Waals surface area contributed by atoms with Crippen molar-refractivity contribution >= 4 is 23.4 Å². The molecule has 0 atom stereocenters. The molecule has 8 nitrogen and oxygen atoms in total. The summed E-state index contributed by atoms with van der Waals surface area (Å²) in [6.45, 7) is 2.75. The van der Waals surface area contributed by atoms with Gasteiger partial charge in [0.15, 0.2) is 0 Å². The fraction of sp³-hybridized carbons (Fsp3) is 0.120. The van der Waals surface area contributed by atoms with Gasteiger partial charge in [0, 0.05) is 16.7 Å². The molecule has 1 fully saturated rings. The van der Waals surface area contributed by atoms with Gasteiger partial charge in [0.25, 0.3) is 5.91 Å². The molecule has 1 saturated heterocycles. The number of amides is 2. The fourth-order valence-electron chi connectivity index (χ4n) is 3.65. The molecule has 2 amide bonds. The van der Waals surface area contributed by atoms with Gasteiger partial charge in [-0.15, -0.1) is 10.2 Å². The summed E-state index contributed by atoms with van der Waals surface area (Å²) in [6, 6.07) is 21.8. The van der Waals surface area contributed by atoms with E-state index in [0.717, 1.165) is 11.1 Å². The first-order valence-corrected chi connectivity index (χ1v) is 10.4. The maximum absolute atomic E-state index is 12.8. The van der Waals surface area contributed by atoms with Crippen LogP contribution in [0.5, 0.6) is 0 Å². The molecular formula is C25H20N4O4. The van der Waals surface area contributed by atoms with Crippen molar-refractivity contribution in [1.29, 1.82) is 0 Å². The number of anilines is 2. The van der Waals surface area contributed by atoms with E-state index in [1.807, 2.05) is 31.2 Å². The number of hydrogen-bond acceptors (Lipinski definition) is 6. The molecule has 33 heavy (non-hydrogen) atoms. The number of rotatable bonds is 5. The zero-order chi connectivity index (χ0) is 22.8. The number of nitrogens with zero attached hydrogens (tertiary/aromatic N) is 3. The molecule has 0 radical (unpaired) electrons. The molecule has 1 aromatic heterocycles. The van der Waals surface area contributed by atoms with Gasteiger partial charge in [0.05, 0.1) is 17.9 Å². The van der Waals surface area contributed by atoms with E-state index in [0.29, 0.717) is 47.4 Å². The molecule has 3 aromatic carbocycles. The van der Waals surface area contributed by atoms with Crippen LogP contribution in [0.25, 0.3) is 22.9 Å². The molecule has 1 aliphatic rings. The average molecular weight is 440 g/mol. The second-order valence-electron chi connectivity index (χ2n) is 7.54. The third-order valence-corrected chi connectivity index (χ3v) is 5.40. The zero-order valence-electron chi connectivity index (χ0n) is 17.8. The molecular weight excluding hydrogens is 420 g/mol. The minimum absolute atomic E-state index is 0.298. The van der Waals surface area contributed by atoms with Gasteiger partial charge in [-0.25, -0.2) is 4.79 Å². The number of cyclic esters (lactones) is 1. The lowest BCUT2D eigenvalue weighted by Gasteiger charge is -2.17. The van der Waals surface area contributed by atoms with Crippen molar-refractivity contribution in [1.82, 2.24) is 10.2 Å². The highest BCUT2D eigenvalue weighted by Crippen LogP contribution is 2.29. The maximum Gasteiger partial charge on any atom is 0.414 e. The summed E-state index contributed by atoms with van der Waals surface area (Å²) >= 11 is 0. The number of aryl methyl sites for hydroxylation is 1. The van der Waals surface area contributed by atoms with Crippen LogP contribution in [-0.4, -0.2) is 35.3 Å². The Labute approximate surface area is 189 Å². The van der Waals surface area contributed by atoms with Crippen molar-refractivity contribution in [3.8, 4) is 22.9 Å². The van der Waals surface area contributed by atoms with Gasteiger partial charge in [-0.2, -0.15) is 0 Å². The maximum atomic E-state index is 12.8. The molecule has 4 aromatic rings. The van der Waals surface area contributed by atoms with Crippen molar-refractivity contribution in [3.63, 3.8) is 0 Å². The topological polar surface area (TPSA) is 97.6 Å². The van der Waals surface area contributed by atoms with E-state index in [-0.39, 0.29) is 5.91 Å². The summed E-state index contributed by atoms with van der Waals surface area (Å²) in [5.41, 5.74) is 4.22. The third-order valence-electron chi connectivity index (χ3n) is 5.40. The highest BCUT2D eigenvalue weighted by molar-refractivity contribution is 6.07. The van der Waals surface area contributed by atoms with Crippen LogP contribution < -0.4 is 10.2 Å². The predicted molar refractivity (Wildman–Crippen MR) is 123 cm³/mol. The van der Waals surface area contributed by atoms with Crippen LogP contribution in [0.15, 0.2) is 77.2 Å². The van der Waals surface area contributed by atoms with E-state index in [1.165, 1.54) is 4.90 Å². The summed E-state index contributed by atoms with van der Waals surface area (Å²) in [7, 11) is 0. The van der Waals surface area contributed by atoms with E-state index in [2.05, 4.69) is 15.5 Å². The number of para-hydroxylation sites is 2. The van der Waals surface area contributed by atoms with Crippen molar-refractivity contribution < 1.29 is 18.7 Å². The van der Waals surface area contributed by atoms with Crippen LogP contribution in [-0.2, 0) is 4.74 Å². The van der Waals surface area contributed by atoms with Gasteiger partial charge in [-0.05, 0) is 55.0 Å². The Hall–Kier alpha value is -4.46. The van der Waals surface area contributed by atoms with E-state index in [4.69, 9.17) is 9.15 Å². The Balaban J connectivity index is 1.33. The summed E-state index contributed by atoms with van der Waals surface area (Å²) in [5, 5.41) is 11.2. The lowest BCUT2D eigenvalue weighted by Crippen LogP contribution is -2.25. The Bertz CT molecular complexity index is 1330. The first-order valence-electron chi connectivity index (χ1n) is 10.4. The lowest BCUT2D eigenvalue weighted by atomic mass is 10.1. The zero-order valence-corrected chi connectivity index (χ0v) is 17.8. The van der Waals surface area contributed by atoms with Gasteiger partial charge < -0.3 is 14.5 Å². The van der Waals surface area contributed by atoms with E-state index in [9.17, 15) is 9.59 Å². The van der Waals surface area contributed by atoms with Crippen molar-refractivity contribution in [2.24, 2.45) is 0 Å². The molecule has 0 unspecified atom stereocenters. The fourth-order valence-corrected chi connectivity index (χ4v) is 3.65. The SMILES string of the molecule is Cc1ccccc1-c1nnc(-c2ccc(C(=O)Nc3ccccc3N3CCOC3=O)cc2)o1. The predicted octanol–water partition coefficient (Wildman–Crippen LogP) is 4.92. The number of benzene rings is 3. The Morgan fingerprint density at radius 3 is 2.42 bits per heavy atom. The molecule has 0 saturated carbocycles. The molecule has 5 rings (SSSR count). The van der Waals surface area contributed by atoms with Crippen LogP contribution in [0.4, 0.5) is 16.2 Å². The van der Waals surface area contributed by atoms with Crippen LogP contribution in [0, 0.1) is 6.92 Å². The second-order valence-corrected chi connectivity index (χ2v) is 7.54. The minimum Gasteiger partial charge on any atom is -0.447 e. The first kappa shape index (κ1) is 20.4. The summed E-state index contributed by atoms with van der Waals surface area (Å²) in [4.78, 5) is 26.3. The Kier molecular flexibility index (Phi) is 5.32. The number of aromatic nitrogens is 2. The quantitative estimate of drug-likeness (QED) is 0.473. The molecule has 2 heterocycles. The standard InChI is InChI=1S/C25H20N4O4/c1-16-6-2-3-7-19(16)24-28-27-23(33-24)18-12-10-17(11-13-18)22(30)26-20-8-4-5-9-21(20)29-14-15-32-25(29)31/h2-13H,14-15H2,1H3,(H,26,30). The molecule has 164 valence electrons. The lowest BCUT2D eigenvalue weighted by molar-refractivity contribution is 0.102. The number of carbonyl (C=O) groups excluding carboxylic acids is 2. The molecule has 0 aliphatic carbocycles. The second kappa shape index (κ2) is 8.58. The highest BCUT2D eigenvalue weighted by atomic mass is 16.6. The molecule has 1 aliphatic heterocycles. The molecule has 8 heteroatoms. The first-order chi connectivity index (χ1) is 16.1. The number of carbonyl (C=O) groups is 2. The van der Waals surface area contributed by atoms with Crippen molar-refractivity contribution in [2.75, 3.05) is 23.4 Å². The van der Waals surface area contributed by atoms with Crippen LogP contribution in [0.1, 0.15) is 15.9 Å². The van der Waals surface area contributed by atoms with E-state index < -0.39 is 6.09 Å². The monoisotopic (exact) mass is 440 g/mol. The molecule has 1 N–H and O–H groups in total.